The molecular formula is C11H20N4O2S. The van der Waals surface area contributed by atoms with Crippen molar-refractivity contribution in [2.45, 2.75) is 32.2 Å². The third-order valence-electron chi connectivity index (χ3n) is 3.21. The van der Waals surface area contributed by atoms with E-state index in [0.29, 0.717) is 18.9 Å². The van der Waals surface area contributed by atoms with Crippen LogP contribution in [0, 0.1) is 0 Å². The van der Waals surface area contributed by atoms with Crippen molar-refractivity contribution < 1.29 is 8.42 Å². The number of nitrogens with one attached hydrogen (secondary N) is 1. The molecular weight excluding hydrogens is 252 g/mol. The Hall–Kier alpha value is -0.920. The molecule has 0 amide bonds. The smallest absolute Gasteiger partial charge is 0.282 e. The van der Waals surface area contributed by atoms with Gasteiger partial charge in [0.25, 0.3) is 10.2 Å². The highest BCUT2D eigenvalue weighted by Gasteiger charge is 2.27. The maximum atomic E-state index is 12.4. The number of nitrogens with zero attached hydrogens (tertiary/aromatic N) is 3. The molecule has 0 radical (unpaired) electrons. The van der Waals surface area contributed by atoms with Crippen molar-refractivity contribution in [2.24, 2.45) is 0 Å². The summed E-state index contributed by atoms with van der Waals surface area (Å²) in [7, 11) is -1.75. The normalized spacial score (nSPS) is 19.0. The third kappa shape index (κ3) is 3.09. The van der Waals surface area contributed by atoms with Gasteiger partial charge in [-0.25, -0.2) is 4.98 Å². The maximum Gasteiger partial charge on any atom is 0.282 e. The topological polar surface area (TPSA) is 69.3 Å². The molecule has 0 atom stereocenters. The molecule has 2 rings (SSSR count). The summed E-state index contributed by atoms with van der Waals surface area (Å²) in [5.41, 5.74) is 0. The van der Waals surface area contributed by atoms with E-state index in [2.05, 4.69) is 9.97 Å². The van der Waals surface area contributed by atoms with Crippen molar-refractivity contribution in [3.05, 3.63) is 18.2 Å². The molecule has 6 nitrogen and oxygen atoms in total. The largest absolute Gasteiger partial charge is 0.347 e. The lowest BCUT2D eigenvalue weighted by Gasteiger charge is -2.25. The minimum Gasteiger partial charge on any atom is -0.347 e. The second-order valence-electron chi connectivity index (χ2n) is 4.61. The number of hydrogen-bond acceptors (Lipinski definition) is 3. The summed E-state index contributed by atoms with van der Waals surface area (Å²) in [4.78, 5) is 6.97. The molecule has 1 saturated heterocycles. The van der Waals surface area contributed by atoms with Crippen LogP contribution in [0.5, 0.6) is 0 Å². The number of aromatic amines is 1. The lowest BCUT2D eigenvalue weighted by molar-refractivity contribution is 0.360. The molecule has 1 fully saturated rings. The van der Waals surface area contributed by atoms with E-state index in [4.69, 9.17) is 0 Å². The zero-order valence-corrected chi connectivity index (χ0v) is 11.5. The highest BCUT2D eigenvalue weighted by atomic mass is 32.2. The van der Waals surface area contributed by atoms with Crippen molar-refractivity contribution in [2.75, 3.05) is 20.1 Å². The van der Waals surface area contributed by atoms with Crippen molar-refractivity contribution in [3.8, 4) is 0 Å². The average Bonchev–Trinajstić information content (AvgIpc) is 2.68. The van der Waals surface area contributed by atoms with Gasteiger partial charge >= 0.3 is 0 Å². The van der Waals surface area contributed by atoms with Gasteiger partial charge in [-0.2, -0.15) is 17.0 Å². The van der Waals surface area contributed by atoms with Crippen LogP contribution >= 0.6 is 0 Å². The average molecular weight is 272 g/mol. The van der Waals surface area contributed by atoms with Gasteiger partial charge in [0.1, 0.15) is 5.82 Å². The Bertz CT molecular complexity index is 449. The Morgan fingerprint density at radius 1 is 1.33 bits per heavy atom. The van der Waals surface area contributed by atoms with Crippen LogP contribution in [0.1, 0.15) is 31.5 Å². The summed E-state index contributed by atoms with van der Waals surface area (Å²) in [5.74, 6) is 0.663. The molecule has 0 unspecified atom stereocenters. The molecule has 1 aromatic rings. The molecule has 1 N–H and O–H groups in total. The maximum absolute atomic E-state index is 12.4. The first-order valence-electron chi connectivity index (χ1n) is 6.30. The highest BCUT2D eigenvalue weighted by Crippen LogP contribution is 2.16. The van der Waals surface area contributed by atoms with Crippen LogP contribution < -0.4 is 0 Å². The van der Waals surface area contributed by atoms with E-state index >= 15 is 0 Å². The van der Waals surface area contributed by atoms with Crippen LogP contribution in [0.4, 0.5) is 0 Å². The Morgan fingerprint density at radius 2 is 2.00 bits per heavy atom. The Kier molecular flexibility index (Phi) is 4.36. The number of H-pyrrole nitrogens is 1. The zero-order chi connectivity index (χ0) is 13.0. The predicted molar refractivity (Wildman–Crippen MR) is 69.0 cm³/mol. The summed E-state index contributed by atoms with van der Waals surface area (Å²) >= 11 is 0. The fraction of sp³-hybridized carbons (Fsp3) is 0.727. The predicted octanol–water partition coefficient (Wildman–Crippen LogP) is 0.962. The van der Waals surface area contributed by atoms with Gasteiger partial charge in [-0.05, 0) is 12.8 Å². The van der Waals surface area contributed by atoms with E-state index < -0.39 is 10.2 Å². The zero-order valence-electron chi connectivity index (χ0n) is 10.7. The summed E-state index contributed by atoms with van der Waals surface area (Å²) < 4.78 is 27.7. The molecule has 1 aliphatic heterocycles. The summed E-state index contributed by atoms with van der Waals surface area (Å²) in [6, 6.07) is 0. The van der Waals surface area contributed by atoms with E-state index in [1.165, 1.54) is 4.31 Å². The first-order chi connectivity index (χ1) is 8.60. The minimum absolute atomic E-state index is 0.284. The van der Waals surface area contributed by atoms with Crippen LogP contribution in [0.15, 0.2) is 12.4 Å². The Balaban J connectivity index is 2.04. The lowest BCUT2D eigenvalue weighted by atomic mass is 10.2. The van der Waals surface area contributed by atoms with Crippen LogP contribution in [-0.2, 0) is 16.8 Å². The second kappa shape index (κ2) is 5.81. The number of rotatable bonds is 4. The van der Waals surface area contributed by atoms with Crippen LogP contribution in [0.2, 0.25) is 0 Å². The van der Waals surface area contributed by atoms with E-state index in [-0.39, 0.29) is 6.54 Å². The first-order valence-corrected chi connectivity index (χ1v) is 7.70. The van der Waals surface area contributed by atoms with E-state index in [0.717, 1.165) is 25.7 Å². The van der Waals surface area contributed by atoms with Gasteiger partial charge in [-0.1, -0.05) is 12.8 Å². The molecule has 102 valence electrons. The number of hydrogen-bond donors (Lipinski definition) is 1. The van der Waals surface area contributed by atoms with Gasteiger partial charge in [0.05, 0.1) is 6.54 Å². The lowest BCUT2D eigenvalue weighted by Crippen LogP contribution is -2.42. The molecule has 0 bridgehead atoms. The molecule has 7 heteroatoms. The Labute approximate surface area is 108 Å². The summed E-state index contributed by atoms with van der Waals surface area (Å²) in [6.07, 6.45) is 7.47. The van der Waals surface area contributed by atoms with Crippen molar-refractivity contribution in [1.82, 2.24) is 18.6 Å². The molecule has 2 heterocycles. The van der Waals surface area contributed by atoms with E-state index in [1.54, 1.807) is 23.7 Å². The molecule has 1 aromatic heterocycles. The van der Waals surface area contributed by atoms with E-state index in [9.17, 15) is 8.42 Å². The number of aromatic nitrogens is 2. The van der Waals surface area contributed by atoms with Crippen LogP contribution in [-0.4, -0.2) is 47.1 Å². The van der Waals surface area contributed by atoms with Crippen LogP contribution in [0.3, 0.4) is 0 Å². The molecule has 0 spiro atoms. The number of imidazole rings is 1. The van der Waals surface area contributed by atoms with Crippen molar-refractivity contribution >= 4 is 10.2 Å². The van der Waals surface area contributed by atoms with Crippen molar-refractivity contribution in [3.63, 3.8) is 0 Å². The molecule has 0 aromatic carbocycles. The fourth-order valence-corrected chi connectivity index (χ4v) is 3.55. The molecule has 18 heavy (non-hydrogen) atoms. The van der Waals surface area contributed by atoms with Gasteiger partial charge in [-0.3, -0.25) is 0 Å². The molecule has 1 aliphatic rings. The summed E-state index contributed by atoms with van der Waals surface area (Å²) in [5, 5.41) is 0. The summed E-state index contributed by atoms with van der Waals surface area (Å²) in [6.45, 7) is 1.54. The van der Waals surface area contributed by atoms with Gasteiger partial charge in [0.15, 0.2) is 0 Å². The second-order valence-corrected chi connectivity index (χ2v) is 6.65. The molecule has 0 aliphatic carbocycles. The third-order valence-corrected chi connectivity index (χ3v) is 5.15. The highest BCUT2D eigenvalue weighted by molar-refractivity contribution is 7.86. The van der Waals surface area contributed by atoms with Gasteiger partial charge < -0.3 is 4.98 Å². The van der Waals surface area contributed by atoms with E-state index in [1.807, 2.05) is 0 Å². The van der Waals surface area contributed by atoms with Gasteiger partial charge in [0.2, 0.25) is 0 Å². The minimum atomic E-state index is -3.35. The standard InChI is InChI=1S/C11H20N4O2S/c1-14(10-11-12-6-7-13-11)18(16,17)15-8-4-2-3-5-9-15/h6-7H,2-5,8-10H2,1H3,(H,12,13). The monoisotopic (exact) mass is 272 g/mol. The quantitative estimate of drug-likeness (QED) is 0.887. The van der Waals surface area contributed by atoms with Gasteiger partial charge in [0, 0.05) is 32.5 Å². The first kappa shape index (κ1) is 13.5. The fourth-order valence-electron chi connectivity index (χ4n) is 2.15. The van der Waals surface area contributed by atoms with Crippen molar-refractivity contribution in [1.29, 1.82) is 0 Å². The molecule has 0 saturated carbocycles. The Morgan fingerprint density at radius 3 is 2.56 bits per heavy atom. The van der Waals surface area contributed by atoms with Gasteiger partial charge in [-0.15, -0.1) is 0 Å². The van der Waals surface area contributed by atoms with Crippen LogP contribution in [0.25, 0.3) is 0 Å². The SMILES string of the molecule is CN(Cc1ncc[nH]1)S(=O)(=O)N1CCCCCC1.